The molecule has 6 heteroatoms. The van der Waals surface area contributed by atoms with Crippen molar-refractivity contribution in [1.82, 2.24) is 0 Å². The van der Waals surface area contributed by atoms with Gasteiger partial charge in [0.15, 0.2) is 0 Å². The monoisotopic (exact) mass is 274 g/mol. The second kappa shape index (κ2) is 6.36. The standard InChI is InChI=1S/C13H13F3O3/c1-2-19-12(18)10-6-5-9(4-3-7-17)11(8-10)13(14,15)16/h5-8H,2-4H2,1H3. The number of halogens is 3. The molecule has 0 aliphatic carbocycles. The number of hydrogen-bond donors (Lipinski definition) is 0. The summed E-state index contributed by atoms with van der Waals surface area (Å²) in [6.45, 7) is 1.66. The summed E-state index contributed by atoms with van der Waals surface area (Å²) in [6.07, 6.45) is -4.02. The number of rotatable bonds is 5. The van der Waals surface area contributed by atoms with E-state index in [1.165, 1.54) is 12.1 Å². The molecule has 0 aromatic heterocycles. The largest absolute Gasteiger partial charge is 0.462 e. The summed E-state index contributed by atoms with van der Waals surface area (Å²) in [5.74, 6) is -0.796. The zero-order valence-electron chi connectivity index (χ0n) is 10.3. The summed E-state index contributed by atoms with van der Waals surface area (Å²) in [5.41, 5.74) is -1.06. The molecule has 0 N–H and O–H groups in total. The number of benzene rings is 1. The summed E-state index contributed by atoms with van der Waals surface area (Å²) in [6, 6.07) is 3.24. The van der Waals surface area contributed by atoms with Gasteiger partial charge in [0.1, 0.15) is 6.29 Å². The quantitative estimate of drug-likeness (QED) is 0.612. The topological polar surface area (TPSA) is 43.4 Å². The number of hydrogen-bond acceptors (Lipinski definition) is 3. The number of aryl methyl sites for hydroxylation is 1. The van der Waals surface area contributed by atoms with Crippen molar-refractivity contribution in [1.29, 1.82) is 0 Å². The first kappa shape index (κ1) is 15.2. The van der Waals surface area contributed by atoms with Crippen LogP contribution in [0.15, 0.2) is 18.2 Å². The first-order chi connectivity index (χ1) is 8.90. The van der Waals surface area contributed by atoms with Crippen molar-refractivity contribution in [2.45, 2.75) is 25.9 Å². The molecular weight excluding hydrogens is 261 g/mol. The molecule has 0 aliphatic heterocycles. The smallest absolute Gasteiger partial charge is 0.416 e. The van der Waals surface area contributed by atoms with Crippen molar-refractivity contribution in [2.75, 3.05) is 6.61 Å². The van der Waals surface area contributed by atoms with Crippen molar-refractivity contribution in [3.05, 3.63) is 34.9 Å². The number of ether oxygens (including phenoxy) is 1. The first-order valence-corrected chi connectivity index (χ1v) is 5.71. The minimum Gasteiger partial charge on any atom is -0.462 e. The van der Waals surface area contributed by atoms with Crippen LogP contribution in [0.5, 0.6) is 0 Å². The van der Waals surface area contributed by atoms with Crippen molar-refractivity contribution in [2.24, 2.45) is 0 Å². The van der Waals surface area contributed by atoms with Crippen LogP contribution in [0.1, 0.15) is 34.8 Å². The molecule has 1 aromatic carbocycles. The lowest BCUT2D eigenvalue weighted by Gasteiger charge is -2.13. The lowest BCUT2D eigenvalue weighted by Crippen LogP contribution is -2.13. The van der Waals surface area contributed by atoms with E-state index < -0.39 is 17.7 Å². The van der Waals surface area contributed by atoms with Crippen molar-refractivity contribution in [3.8, 4) is 0 Å². The van der Waals surface area contributed by atoms with Gasteiger partial charge in [-0.2, -0.15) is 13.2 Å². The zero-order valence-corrected chi connectivity index (χ0v) is 10.3. The molecular formula is C13H13F3O3. The maximum atomic E-state index is 12.9. The Balaban J connectivity index is 3.15. The molecule has 1 rings (SSSR count). The van der Waals surface area contributed by atoms with Crippen molar-refractivity contribution < 1.29 is 27.5 Å². The number of carbonyl (C=O) groups excluding carboxylic acids is 2. The third-order valence-corrected chi connectivity index (χ3v) is 2.46. The molecule has 0 heterocycles. The van der Waals surface area contributed by atoms with E-state index in [0.29, 0.717) is 6.29 Å². The molecule has 0 bridgehead atoms. The molecule has 0 radical (unpaired) electrons. The molecule has 104 valence electrons. The summed E-state index contributed by atoms with van der Waals surface area (Å²) in [7, 11) is 0. The van der Waals surface area contributed by atoms with E-state index in [1.54, 1.807) is 6.92 Å². The minimum atomic E-state index is -4.57. The molecule has 0 spiro atoms. The molecule has 0 aliphatic rings. The van der Waals surface area contributed by atoms with Gasteiger partial charge < -0.3 is 9.53 Å². The van der Waals surface area contributed by atoms with Crippen LogP contribution in [-0.4, -0.2) is 18.9 Å². The summed E-state index contributed by atoms with van der Waals surface area (Å²) in [4.78, 5) is 21.6. The highest BCUT2D eigenvalue weighted by atomic mass is 19.4. The second-order valence-corrected chi connectivity index (χ2v) is 3.80. The number of aldehydes is 1. The average Bonchev–Trinajstić information content (AvgIpc) is 2.35. The Labute approximate surface area is 108 Å². The van der Waals surface area contributed by atoms with Gasteiger partial charge in [-0.1, -0.05) is 6.07 Å². The van der Waals surface area contributed by atoms with E-state index in [9.17, 15) is 22.8 Å². The second-order valence-electron chi connectivity index (χ2n) is 3.80. The Morgan fingerprint density at radius 1 is 1.37 bits per heavy atom. The fourth-order valence-electron chi connectivity index (χ4n) is 1.61. The van der Waals surface area contributed by atoms with E-state index >= 15 is 0 Å². The summed E-state index contributed by atoms with van der Waals surface area (Å²) >= 11 is 0. The van der Waals surface area contributed by atoms with Crippen LogP contribution in [-0.2, 0) is 22.1 Å². The Morgan fingerprint density at radius 3 is 2.58 bits per heavy atom. The van der Waals surface area contributed by atoms with E-state index in [1.807, 2.05) is 0 Å². The summed E-state index contributed by atoms with van der Waals surface area (Å²) in [5, 5.41) is 0. The van der Waals surface area contributed by atoms with Gasteiger partial charge in [0.05, 0.1) is 17.7 Å². The van der Waals surface area contributed by atoms with Crippen molar-refractivity contribution >= 4 is 12.3 Å². The zero-order chi connectivity index (χ0) is 14.5. The lowest BCUT2D eigenvalue weighted by atomic mass is 10.00. The number of carbonyl (C=O) groups is 2. The summed E-state index contributed by atoms with van der Waals surface area (Å²) < 4.78 is 43.2. The van der Waals surface area contributed by atoms with Gasteiger partial charge in [-0.05, 0) is 31.0 Å². The SMILES string of the molecule is CCOC(=O)c1ccc(CCC=O)c(C(F)(F)F)c1. The highest BCUT2D eigenvalue weighted by Crippen LogP contribution is 2.33. The van der Waals surface area contributed by atoms with Gasteiger partial charge in [-0.3, -0.25) is 0 Å². The van der Waals surface area contributed by atoms with Gasteiger partial charge in [0.2, 0.25) is 0 Å². The van der Waals surface area contributed by atoms with Crippen LogP contribution in [0.4, 0.5) is 13.2 Å². The van der Waals surface area contributed by atoms with E-state index in [4.69, 9.17) is 0 Å². The maximum Gasteiger partial charge on any atom is 0.416 e. The van der Waals surface area contributed by atoms with Gasteiger partial charge in [0, 0.05) is 6.42 Å². The van der Waals surface area contributed by atoms with E-state index in [0.717, 1.165) is 6.07 Å². The Kier molecular flexibility index (Phi) is 5.09. The van der Waals surface area contributed by atoms with E-state index in [2.05, 4.69) is 4.74 Å². The third-order valence-electron chi connectivity index (χ3n) is 2.46. The molecule has 1 aromatic rings. The Morgan fingerprint density at radius 2 is 2.05 bits per heavy atom. The van der Waals surface area contributed by atoms with Crippen LogP contribution in [0.3, 0.4) is 0 Å². The average molecular weight is 274 g/mol. The molecule has 0 saturated carbocycles. The fourth-order valence-corrected chi connectivity index (χ4v) is 1.61. The highest BCUT2D eigenvalue weighted by Gasteiger charge is 2.33. The van der Waals surface area contributed by atoms with Crippen LogP contribution in [0.25, 0.3) is 0 Å². The van der Waals surface area contributed by atoms with Gasteiger partial charge in [-0.15, -0.1) is 0 Å². The van der Waals surface area contributed by atoms with Crippen molar-refractivity contribution in [3.63, 3.8) is 0 Å². The normalized spacial score (nSPS) is 11.2. The van der Waals surface area contributed by atoms with Crippen LogP contribution < -0.4 is 0 Å². The van der Waals surface area contributed by atoms with E-state index in [-0.39, 0.29) is 30.6 Å². The number of esters is 1. The lowest BCUT2D eigenvalue weighted by molar-refractivity contribution is -0.138. The molecule has 0 amide bonds. The molecule has 19 heavy (non-hydrogen) atoms. The predicted octanol–water partition coefficient (Wildman–Crippen LogP) is 3.01. The predicted molar refractivity (Wildman–Crippen MR) is 61.8 cm³/mol. The van der Waals surface area contributed by atoms with Gasteiger partial charge >= 0.3 is 12.1 Å². The Hall–Kier alpha value is -1.85. The minimum absolute atomic E-state index is 0.00182. The van der Waals surface area contributed by atoms with Gasteiger partial charge in [-0.25, -0.2) is 4.79 Å². The first-order valence-electron chi connectivity index (χ1n) is 5.71. The number of alkyl halides is 3. The van der Waals surface area contributed by atoms with Crippen LogP contribution in [0.2, 0.25) is 0 Å². The van der Waals surface area contributed by atoms with Gasteiger partial charge in [0.25, 0.3) is 0 Å². The highest BCUT2D eigenvalue weighted by molar-refractivity contribution is 5.89. The molecule has 0 saturated heterocycles. The maximum absolute atomic E-state index is 12.9. The molecule has 0 fully saturated rings. The molecule has 0 unspecified atom stereocenters. The van der Waals surface area contributed by atoms with Crippen LogP contribution >= 0.6 is 0 Å². The molecule has 0 atom stereocenters. The third kappa shape index (κ3) is 4.08. The van der Waals surface area contributed by atoms with Crippen LogP contribution in [0, 0.1) is 0 Å². The Bertz CT molecular complexity index is 467. The fraction of sp³-hybridized carbons (Fsp3) is 0.385. The molecule has 3 nitrogen and oxygen atoms in total.